The standard InChI is InChI=1S/C11H21NS/c1-9(10-4-2-5-10)12-11-6-3-7-13-8-11/h9-12H,2-8H2,1H3/t9-,11?/m1/s1. The smallest absolute Gasteiger partial charge is 0.0161 e. The van der Waals surface area contributed by atoms with E-state index in [2.05, 4.69) is 24.0 Å². The molecule has 1 aliphatic heterocycles. The fourth-order valence-electron chi connectivity index (χ4n) is 2.32. The van der Waals surface area contributed by atoms with Gasteiger partial charge in [-0.05, 0) is 44.3 Å². The van der Waals surface area contributed by atoms with E-state index < -0.39 is 0 Å². The molecule has 1 saturated carbocycles. The monoisotopic (exact) mass is 199 g/mol. The Balaban J connectivity index is 1.69. The predicted molar refractivity (Wildman–Crippen MR) is 60.3 cm³/mol. The van der Waals surface area contributed by atoms with Gasteiger partial charge in [0.25, 0.3) is 0 Å². The van der Waals surface area contributed by atoms with Crippen molar-refractivity contribution in [1.82, 2.24) is 5.32 Å². The van der Waals surface area contributed by atoms with Crippen LogP contribution in [0.25, 0.3) is 0 Å². The molecule has 2 aliphatic rings. The molecule has 1 aliphatic carbocycles. The molecule has 1 unspecified atom stereocenters. The molecule has 2 atom stereocenters. The van der Waals surface area contributed by atoms with Gasteiger partial charge in [-0.3, -0.25) is 0 Å². The molecular formula is C11H21NS. The van der Waals surface area contributed by atoms with Gasteiger partial charge in [0.05, 0.1) is 0 Å². The molecule has 76 valence electrons. The van der Waals surface area contributed by atoms with Crippen LogP contribution in [0.1, 0.15) is 39.0 Å². The van der Waals surface area contributed by atoms with Gasteiger partial charge in [0.2, 0.25) is 0 Å². The van der Waals surface area contributed by atoms with Crippen molar-refractivity contribution in [1.29, 1.82) is 0 Å². The minimum absolute atomic E-state index is 0.775. The molecule has 0 bridgehead atoms. The summed E-state index contributed by atoms with van der Waals surface area (Å²) >= 11 is 2.12. The van der Waals surface area contributed by atoms with Crippen LogP contribution in [0.3, 0.4) is 0 Å². The summed E-state index contributed by atoms with van der Waals surface area (Å²) in [5.74, 6) is 3.72. The third-order valence-electron chi connectivity index (χ3n) is 3.52. The van der Waals surface area contributed by atoms with Gasteiger partial charge in [0.15, 0.2) is 0 Å². The van der Waals surface area contributed by atoms with E-state index in [1.54, 1.807) is 0 Å². The minimum Gasteiger partial charge on any atom is -0.310 e. The van der Waals surface area contributed by atoms with Gasteiger partial charge < -0.3 is 5.32 Å². The van der Waals surface area contributed by atoms with Crippen LogP contribution in [0.2, 0.25) is 0 Å². The molecule has 1 heterocycles. The lowest BCUT2D eigenvalue weighted by molar-refractivity contribution is 0.227. The molecular weight excluding hydrogens is 178 g/mol. The minimum atomic E-state index is 0.775. The van der Waals surface area contributed by atoms with E-state index in [0.717, 1.165) is 18.0 Å². The Bertz CT molecular complexity index is 150. The first-order chi connectivity index (χ1) is 6.36. The predicted octanol–water partition coefficient (Wildman–Crippen LogP) is 2.66. The number of hydrogen-bond donors (Lipinski definition) is 1. The Hall–Kier alpha value is 0.310. The molecule has 0 radical (unpaired) electrons. The first-order valence-corrected chi connectivity index (χ1v) is 6.85. The van der Waals surface area contributed by atoms with Crippen LogP contribution < -0.4 is 5.32 Å². The second-order valence-corrected chi connectivity index (χ2v) is 5.71. The van der Waals surface area contributed by atoms with Crippen LogP contribution in [0.5, 0.6) is 0 Å². The molecule has 2 rings (SSSR count). The lowest BCUT2D eigenvalue weighted by Crippen LogP contribution is -2.45. The van der Waals surface area contributed by atoms with Crippen molar-refractivity contribution in [2.45, 2.75) is 51.1 Å². The summed E-state index contributed by atoms with van der Waals surface area (Å²) in [6, 6.07) is 1.59. The number of thioether (sulfide) groups is 1. The molecule has 0 aromatic heterocycles. The average molecular weight is 199 g/mol. The Kier molecular flexibility index (Phi) is 3.56. The van der Waals surface area contributed by atoms with Crippen LogP contribution in [-0.4, -0.2) is 23.6 Å². The van der Waals surface area contributed by atoms with Gasteiger partial charge in [0.1, 0.15) is 0 Å². The van der Waals surface area contributed by atoms with Gasteiger partial charge in [-0.2, -0.15) is 11.8 Å². The van der Waals surface area contributed by atoms with Gasteiger partial charge >= 0.3 is 0 Å². The van der Waals surface area contributed by atoms with E-state index in [4.69, 9.17) is 0 Å². The van der Waals surface area contributed by atoms with E-state index >= 15 is 0 Å². The highest BCUT2D eigenvalue weighted by Crippen LogP contribution is 2.30. The maximum atomic E-state index is 3.80. The second kappa shape index (κ2) is 4.70. The third kappa shape index (κ3) is 2.63. The number of rotatable bonds is 3. The Labute approximate surface area is 86.0 Å². The van der Waals surface area contributed by atoms with Crippen LogP contribution in [0.15, 0.2) is 0 Å². The number of hydrogen-bond acceptors (Lipinski definition) is 2. The summed E-state index contributed by atoms with van der Waals surface area (Å²) < 4.78 is 0. The molecule has 0 amide bonds. The Morgan fingerprint density at radius 2 is 2.08 bits per heavy atom. The molecule has 0 aromatic carbocycles. The van der Waals surface area contributed by atoms with Crippen molar-refractivity contribution >= 4 is 11.8 Å². The molecule has 1 N–H and O–H groups in total. The lowest BCUT2D eigenvalue weighted by atomic mass is 9.80. The molecule has 0 spiro atoms. The first kappa shape index (κ1) is 9.85. The van der Waals surface area contributed by atoms with Crippen LogP contribution in [0.4, 0.5) is 0 Å². The summed E-state index contributed by atoms with van der Waals surface area (Å²) in [6.45, 7) is 2.38. The second-order valence-electron chi connectivity index (χ2n) is 4.56. The van der Waals surface area contributed by atoms with Crippen molar-refractivity contribution in [3.8, 4) is 0 Å². The summed E-state index contributed by atoms with van der Waals surface area (Å²) in [7, 11) is 0. The van der Waals surface area contributed by atoms with Gasteiger partial charge in [-0.1, -0.05) is 6.42 Å². The molecule has 1 nitrogen and oxygen atoms in total. The summed E-state index contributed by atoms with van der Waals surface area (Å²) in [6.07, 6.45) is 7.22. The van der Waals surface area contributed by atoms with Crippen LogP contribution in [0, 0.1) is 5.92 Å². The Morgan fingerprint density at radius 1 is 1.23 bits per heavy atom. The lowest BCUT2D eigenvalue weighted by Gasteiger charge is -2.35. The van der Waals surface area contributed by atoms with E-state index in [0.29, 0.717) is 0 Å². The van der Waals surface area contributed by atoms with Gasteiger partial charge in [-0.25, -0.2) is 0 Å². The molecule has 2 heteroatoms. The van der Waals surface area contributed by atoms with Crippen molar-refractivity contribution in [3.05, 3.63) is 0 Å². The summed E-state index contributed by atoms with van der Waals surface area (Å²) in [5, 5.41) is 3.80. The van der Waals surface area contributed by atoms with Gasteiger partial charge in [0, 0.05) is 17.8 Å². The Morgan fingerprint density at radius 3 is 2.62 bits per heavy atom. The maximum absolute atomic E-state index is 3.80. The number of nitrogens with one attached hydrogen (secondary N) is 1. The van der Waals surface area contributed by atoms with E-state index in [9.17, 15) is 0 Å². The van der Waals surface area contributed by atoms with Crippen LogP contribution >= 0.6 is 11.8 Å². The van der Waals surface area contributed by atoms with E-state index in [1.165, 1.54) is 43.6 Å². The third-order valence-corrected chi connectivity index (χ3v) is 4.73. The highest BCUT2D eigenvalue weighted by atomic mass is 32.2. The highest BCUT2D eigenvalue weighted by molar-refractivity contribution is 7.99. The zero-order valence-electron chi connectivity index (χ0n) is 8.59. The van der Waals surface area contributed by atoms with Crippen molar-refractivity contribution in [2.75, 3.05) is 11.5 Å². The zero-order chi connectivity index (χ0) is 9.10. The molecule has 2 fully saturated rings. The SMILES string of the molecule is C[C@@H](NC1CCCSC1)C1CCC1. The molecule has 13 heavy (non-hydrogen) atoms. The van der Waals surface area contributed by atoms with E-state index in [1.807, 2.05) is 0 Å². The van der Waals surface area contributed by atoms with Gasteiger partial charge in [-0.15, -0.1) is 0 Å². The normalized spacial score (nSPS) is 32.5. The largest absolute Gasteiger partial charge is 0.310 e. The van der Waals surface area contributed by atoms with Crippen molar-refractivity contribution in [2.24, 2.45) is 5.92 Å². The maximum Gasteiger partial charge on any atom is 0.0161 e. The fraction of sp³-hybridized carbons (Fsp3) is 1.00. The fourth-order valence-corrected chi connectivity index (χ4v) is 3.40. The van der Waals surface area contributed by atoms with Crippen molar-refractivity contribution in [3.63, 3.8) is 0 Å². The highest BCUT2D eigenvalue weighted by Gasteiger charge is 2.26. The van der Waals surface area contributed by atoms with Crippen LogP contribution in [-0.2, 0) is 0 Å². The zero-order valence-corrected chi connectivity index (χ0v) is 9.41. The van der Waals surface area contributed by atoms with Crippen molar-refractivity contribution < 1.29 is 0 Å². The molecule has 0 aromatic rings. The average Bonchev–Trinajstić information content (AvgIpc) is 2.02. The topological polar surface area (TPSA) is 12.0 Å². The summed E-state index contributed by atoms with van der Waals surface area (Å²) in [4.78, 5) is 0. The summed E-state index contributed by atoms with van der Waals surface area (Å²) in [5.41, 5.74) is 0. The van der Waals surface area contributed by atoms with E-state index in [-0.39, 0.29) is 0 Å². The molecule has 1 saturated heterocycles. The quantitative estimate of drug-likeness (QED) is 0.750. The first-order valence-electron chi connectivity index (χ1n) is 5.70.